The molecular formula is C19H17N3O4. The Morgan fingerprint density at radius 2 is 1.77 bits per heavy atom. The van der Waals surface area contributed by atoms with Crippen molar-refractivity contribution in [1.82, 2.24) is 15.1 Å². The van der Waals surface area contributed by atoms with E-state index in [2.05, 4.69) is 15.1 Å². The first kappa shape index (κ1) is 16.1. The van der Waals surface area contributed by atoms with Crippen molar-refractivity contribution in [3.05, 3.63) is 54.2 Å². The highest BCUT2D eigenvalue weighted by Gasteiger charge is 2.12. The summed E-state index contributed by atoms with van der Waals surface area (Å²) in [6.45, 7) is 2.19. The molecule has 0 radical (unpaired) electrons. The highest BCUT2D eigenvalue weighted by Crippen LogP contribution is 2.24. The van der Waals surface area contributed by atoms with Crippen molar-refractivity contribution in [3.8, 4) is 22.9 Å². The molecule has 0 N–H and O–H groups in total. The number of hydrogen-bond acceptors (Lipinski definition) is 7. The molecule has 0 spiro atoms. The Kier molecular flexibility index (Phi) is 4.27. The molecular weight excluding hydrogens is 334 g/mol. The molecule has 0 saturated heterocycles. The van der Waals surface area contributed by atoms with Crippen LogP contribution >= 0.6 is 0 Å². The molecule has 2 aromatic carbocycles. The molecule has 0 amide bonds. The molecule has 7 nitrogen and oxygen atoms in total. The van der Waals surface area contributed by atoms with Gasteiger partial charge in [0.25, 0.3) is 5.89 Å². The van der Waals surface area contributed by atoms with Gasteiger partial charge in [0.05, 0.1) is 7.11 Å². The van der Waals surface area contributed by atoms with E-state index < -0.39 is 0 Å². The van der Waals surface area contributed by atoms with E-state index in [1.54, 1.807) is 7.11 Å². The number of fused-ring (bicyclic) bond motifs is 1. The minimum Gasteiger partial charge on any atom is -0.497 e. The highest BCUT2D eigenvalue weighted by atomic mass is 16.5. The van der Waals surface area contributed by atoms with Crippen molar-refractivity contribution in [2.45, 2.75) is 20.0 Å². The van der Waals surface area contributed by atoms with Gasteiger partial charge in [-0.1, -0.05) is 12.1 Å². The maximum absolute atomic E-state index is 5.65. The summed E-state index contributed by atoms with van der Waals surface area (Å²) >= 11 is 0. The van der Waals surface area contributed by atoms with E-state index >= 15 is 0 Å². The first-order chi connectivity index (χ1) is 12.7. The van der Waals surface area contributed by atoms with Crippen LogP contribution in [0.1, 0.15) is 18.7 Å². The molecule has 0 unspecified atom stereocenters. The van der Waals surface area contributed by atoms with Crippen LogP contribution in [0, 0.1) is 0 Å². The van der Waals surface area contributed by atoms with Gasteiger partial charge in [-0.3, -0.25) is 0 Å². The van der Waals surface area contributed by atoms with Crippen LogP contribution in [0.2, 0.25) is 0 Å². The third kappa shape index (κ3) is 3.23. The fourth-order valence-corrected chi connectivity index (χ4v) is 2.51. The third-order valence-corrected chi connectivity index (χ3v) is 3.88. The maximum atomic E-state index is 5.65. The average molecular weight is 351 g/mol. The van der Waals surface area contributed by atoms with Crippen LogP contribution in [0.3, 0.4) is 0 Å². The zero-order chi connectivity index (χ0) is 17.9. The van der Waals surface area contributed by atoms with Crippen LogP contribution < -0.4 is 9.47 Å². The Hall–Kier alpha value is -3.35. The Bertz CT molecular complexity index is 1020. The lowest BCUT2D eigenvalue weighted by Crippen LogP contribution is -1.95. The largest absolute Gasteiger partial charge is 0.497 e. The quantitative estimate of drug-likeness (QED) is 0.518. The van der Waals surface area contributed by atoms with Crippen molar-refractivity contribution in [2.24, 2.45) is 0 Å². The van der Waals surface area contributed by atoms with E-state index in [1.165, 1.54) is 0 Å². The van der Waals surface area contributed by atoms with Crippen LogP contribution in [0.5, 0.6) is 11.5 Å². The normalized spacial score (nSPS) is 11.0. The minimum atomic E-state index is 0.186. The van der Waals surface area contributed by atoms with E-state index in [4.69, 9.17) is 18.4 Å². The number of rotatable bonds is 6. The van der Waals surface area contributed by atoms with E-state index in [0.717, 1.165) is 28.8 Å². The van der Waals surface area contributed by atoms with Gasteiger partial charge in [0.1, 0.15) is 17.0 Å². The lowest BCUT2D eigenvalue weighted by atomic mass is 10.2. The molecule has 7 heteroatoms. The molecule has 132 valence electrons. The molecule has 0 atom stereocenters. The van der Waals surface area contributed by atoms with Gasteiger partial charge in [-0.15, -0.1) is 0 Å². The lowest BCUT2D eigenvalue weighted by molar-refractivity contribution is 0.242. The number of aromatic nitrogens is 3. The van der Waals surface area contributed by atoms with Crippen LogP contribution in [-0.4, -0.2) is 22.2 Å². The molecule has 0 saturated carbocycles. The second kappa shape index (κ2) is 6.87. The molecule has 0 aliphatic carbocycles. The van der Waals surface area contributed by atoms with E-state index in [9.17, 15) is 0 Å². The minimum absolute atomic E-state index is 0.186. The van der Waals surface area contributed by atoms with Crippen molar-refractivity contribution >= 4 is 11.1 Å². The molecule has 0 bridgehead atoms. The summed E-state index contributed by atoms with van der Waals surface area (Å²) in [7, 11) is 1.62. The van der Waals surface area contributed by atoms with Gasteiger partial charge >= 0.3 is 0 Å². The number of hydrogen-bond donors (Lipinski definition) is 0. The lowest BCUT2D eigenvalue weighted by Gasteiger charge is -2.04. The smallest absolute Gasteiger partial charge is 0.264 e. The molecule has 4 rings (SSSR count). The summed E-state index contributed by atoms with van der Waals surface area (Å²) in [6, 6.07) is 12.9. The Balaban J connectivity index is 1.48. The van der Waals surface area contributed by atoms with Gasteiger partial charge in [-0.05, 0) is 42.5 Å². The second-order valence-electron chi connectivity index (χ2n) is 5.62. The summed E-state index contributed by atoms with van der Waals surface area (Å²) < 4.78 is 21.6. The monoisotopic (exact) mass is 351 g/mol. The SMILES string of the molecule is CCc1nc2cc(-c3noc(COc4ccc(OC)cc4)n3)ccc2o1. The number of nitrogens with zero attached hydrogens (tertiary/aromatic N) is 3. The average Bonchev–Trinajstić information content (AvgIpc) is 3.32. The molecule has 2 aromatic heterocycles. The Labute approximate surface area is 149 Å². The Morgan fingerprint density at radius 1 is 0.962 bits per heavy atom. The van der Waals surface area contributed by atoms with Crippen LogP contribution in [0.4, 0.5) is 0 Å². The summed E-state index contributed by atoms with van der Waals surface area (Å²) in [5.41, 5.74) is 2.34. The van der Waals surface area contributed by atoms with Crippen molar-refractivity contribution in [2.75, 3.05) is 7.11 Å². The van der Waals surface area contributed by atoms with Gasteiger partial charge in [0, 0.05) is 12.0 Å². The van der Waals surface area contributed by atoms with Crippen molar-refractivity contribution in [3.63, 3.8) is 0 Å². The van der Waals surface area contributed by atoms with Crippen molar-refractivity contribution in [1.29, 1.82) is 0 Å². The van der Waals surface area contributed by atoms with Crippen LogP contribution in [-0.2, 0) is 13.0 Å². The fourth-order valence-electron chi connectivity index (χ4n) is 2.51. The highest BCUT2D eigenvalue weighted by molar-refractivity contribution is 5.78. The van der Waals surface area contributed by atoms with Gasteiger partial charge in [-0.25, -0.2) is 4.98 Å². The molecule has 2 heterocycles. The predicted molar refractivity (Wildman–Crippen MR) is 94.0 cm³/mol. The number of methoxy groups -OCH3 is 1. The van der Waals surface area contributed by atoms with Gasteiger partial charge in [-0.2, -0.15) is 4.98 Å². The molecule has 0 aliphatic rings. The number of benzene rings is 2. The van der Waals surface area contributed by atoms with Gasteiger partial charge < -0.3 is 18.4 Å². The van der Waals surface area contributed by atoms with Gasteiger partial charge in [0.15, 0.2) is 18.1 Å². The molecule has 0 fully saturated rings. The number of ether oxygens (including phenoxy) is 2. The summed E-state index contributed by atoms with van der Waals surface area (Å²) in [5, 5.41) is 4.02. The maximum Gasteiger partial charge on any atom is 0.264 e. The first-order valence-electron chi connectivity index (χ1n) is 8.24. The summed E-state index contributed by atoms with van der Waals surface area (Å²) in [6.07, 6.45) is 0.749. The van der Waals surface area contributed by atoms with Gasteiger partial charge in [0.2, 0.25) is 5.82 Å². The fraction of sp³-hybridized carbons (Fsp3) is 0.211. The number of oxazole rings is 1. The number of aryl methyl sites for hydroxylation is 1. The van der Waals surface area contributed by atoms with E-state index in [0.29, 0.717) is 23.4 Å². The summed E-state index contributed by atoms with van der Waals surface area (Å²) in [5.74, 6) is 3.05. The molecule has 26 heavy (non-hydrogen) atoms. The first-order valence-corrected chi connectivity index (χ1v) is 8.24. The zero-order valence-corrected chi connectivity index (χ0v) is 14.4. The van der Waals surface area contributed by atoms with E-state index in [-0.39, 0.29) is 6.61 Å². The molecule has 4 aromatic rings. The zero-order valence-electron chi connectivity index (χ0n) is 14.4. The molecule has 0 aliphatic heterocycles. The topological polar surface area (TPSA) is 83.4 Å². The van der Waals surface area contributed by atoms with Crippen LogP contribution in [0.25, 0.3) is 22.5 Å². The summed E-state index contributed by atoms with van der Waals surface area (Å²) in [4.78, 5) is 8.80. The third-order valence-electron chi connectivity index (χ3n) is 3.88. The van der Waals surface area contributed by atoms with E-state index in [1.807, 2.05) is 49.4 Å². The second-order valence-corrected chi connectivity index (χ2v) is 5.62. The van der Waals surface area contributed by atoms with Crippen LogP contribution in [0.15, 0.2) is 51.4 Å². The standard InChI is InChI=1S/C19H17N3O4/c1-3-17-20-15-10-12(4-9-16(15)25-17)19-21-18(26-22-19)11-24-14-7-5-13(23-2)6-8-14/h4-10H,3,11H2,1-2H3. The Morgan fingerprint density at radius 3 is 2.54 bits per heavy atom. The van der Waals surface area contributed by atoms with Crippen molar-refractivity contribution < 1.29 is 18.4 Å². The predicted octanol–water partition coefficient (Wildman–Crippen LogP) is 4.03.